The third kappa shape index (κ3) is 3.71. The maximum Gasteiger partial charge on any atom is 0.335 e. The SMILES string of the molecule is CC#CCNS(=O)(=O)c1ccc(C(=O)O)cc1OC. The number of rotatable bonds is 5. The third-order valence-electron chi connectivity index (χ3n) is 2.23. The first-order valence-electron chi connectivity index (χ1n) is 5.23. The molecule has 0 aliphatic heterocycles. The predicted octanol–water partition coefficient (Wildman–Crippen LogP) is 0.695. The number of carboxylic acid groups (broad SMARTS) is 1. The van der Waals surface area contributed by atoms with Crippen LogP contribution in [0.3, 0.4) is 0 Å². The van der Waals surface area contributed by atoms with Gasteiger partial charge >= 0.3 is 5.97 Å². The smallest absolute Gasteiger partial charge is 0.335 e. The number of benzene rings is 1. The fourth-order valence-electron chi connectivity index (χ4n) is 1.32. The van der Waals surface area contributed by atoms with Crippen LogP contribution in [0, 0.1) is 11.8 Å². The quantitative estimate of drug-likeness (QED) is 0.776. The largest absolute Gasteiger partial charge is 0.495 e. The minimum absolute atomic E-state index is 0.0251. The number of aromatic carboxylic acids is 1. The molecular formula is C12H13NO5S. The van der Waals surface area contributed by atoms with E-state index >= 15 is 0 Å². The summed E-state index contributed by atoms with van der Waals surface area (Å²) in [4.78, 5) is 10.7. The van der Waals surface area contributed by atoms with Crippen molar-refractivity contribution in [3.8, 4) is 17.6 Å². The summed E-state index contributed by atoms with van der Waals surface area (Å²) in [6, 6.07) is 3.54. The molecule has 6 nitrogen and oxygen atoms in total. The Hall–Kier alpha value is -2.04. The zero-order chi connectivity index (χ0) is 14.5. The molecule has 1 aromatic rings. The normalized spacial score (nSPS) is 10.4. The van der Waals surface area contributed by atoms with Gasteiger partial charge in [0.25, 0.3) is 0 Å². The molecule has 0 aliphatic carbocycles. The molecule has 1 rings (SSSR count). The van der Waals surface area contributed by atoms with E-state index < -0.39 is 16.0 Å². The molecule has 0 unspecified atom stereocenters. The van der Waals surface area contributed by atoms with Crippen LogP contribution in [-0.4, -0.2) is 33.1 Å². The van der Waals surface area contributed by atoms with Gasteiger partial charge in [-0.15, -0.1) is 5.92 Å². The number of nitrogens with one attached hydrogen (secondary N) is 1. The molecule has 1 aromatic carbocycles. The van der Waals surface area contributed by atoms with Gasteiger partial charge in [-0.1, -0.05) is 5.92 Å². The van der Waals surface area contributed by atoms with Gasteiger partial charge < -0.3 is 9.84 Å². The Kier molecular flexibility index (Phi) is 4.92. The first kappa shape index (κ1) is 15.0. The van der Waals surface area contributed by atoms with Crippen molar-refractivity contribution in [3.05, 3.63) is 23.8 Å². The van der Waals surface area contributed by atoms with Crippen molar-refractivity contribution in [2.24, 2.45) is 0 Å². The van der Waals surface area contributed by atoms with Gasteiger partial charge in [0.15, 0.2) is 0 Å². The Labute approximate surface area is 111 Å². The molecule has 0 spiro atoms. The lowest BCUT2D eigenvalue weighted by Gasteiger charge is -2.10. The van der Waals surface area contributed by atoms with Gasteiger partial charge in [-0.05, 0) is 25.1 Å². The average molecular weight is 283 g/mol. The highest BCUT2D eigenvalue weighted by Gasteiger charge is 2.20. The van der Waals surface area contributed by atoms with Crippen LogP contribution >= 0.6 is 0 Å². The minimum atomic E-state index is -3.79. The molecule has 0 radical (unpaired) electrons. The van der Waals surface area contributed by atoms with Gasteiger partial charge in [-0.2, -0.15) is 4.72 Å². The van der Waals surface area contributed by atoms with Gasteiger partial charge in [0.05, 0.1) is 19.2 Å². The van der Waals surface area contributed by atoms with Crippen LogP contribution in [0.25, 0.3) is 0 Å². The van der Waals surface area contributed by atoms with E-state index in [0.29, 0.717) is 0 Å². The molecule has 19 heavy (non-hydrogen) atoms. The number of ether oxygens (including phenoxy) is 1. The molecule has 0 aromatic heterocycles. The Morgan fingerprint density at radius 1 is 1.47 bits per heavy atom. The zero-order valence-electron chi connectivity index (χ0n) is 10.4. The van der Waals surface area contributed by atoms with Crippen LogP contribution in [0.2, 0.25) is 0 Å². The van der Waals surface area contributed by atoms with E-state index in [1.165, 1.54) is 19.2 Å². The second-order valence-electron chi connectivity index (χ2n) is 3.42. The number of carbonyl (C=O) groups is 1. The summed E-state index contributed by atoms with van der Waals surface area (Å²) in [5, 5.41) is 8.83. The van der Waals surface area contributed by atoms with Crippen LogP contribution in [0.4, 0.5) is 0 Å². The molecule has 0 bridgehead atoms. The second-order valence-corrected chi connectivity index (χ2v) is 5.16. The molecular weight excluding hydrogens is 270 g/mol. The van der Waals surface area contributed by atoms with E-state index in [9.17, 15) is 13.2 Å². The molecule has 7 heteroatoms. The fraction of sp³-hybridized carbons (Fsp3) is 0.250. The summed E-state index contributed by atoms with van der Waals surface area (Å²) < 4.78 is 31.1. The number of hydrogen-bond acceptors (Lipinski definition) is 4. The molecule has 0 atom stereocenters. The first-order chi connectivity index (χ1) is 8.92. The molecule has 2 N–H and O–H groups in total. The van der Waals surface area contributed by atoms with Crippen molar-refractivity contribution < 1.29 is 23.1 Å². The highest BCUT2D eigenvalue weighted by Crippen LogP contribution is 2.24. The van der Waals surface area contributed by atoms with E-state index in [-0.39, 0.29) is 22.8 Å². The van der Waals surface area contributed by atoms with E-state index in [4.69, 9.17) is 9.84 Å². The highest BCUT2D eigenvalue weighted by molar-refractivity contribution is 7.89. The topological polar surface area (TPSA) is 92.7 Å². The van der Waals surface area contributed by atoms with Crippen LogP contribution in [0.5, 0.6) is 5.75 Å². The van der Waals surface area contributed by atoms with E-state index in [2.05, 4.69) is 16.6 Å². The molecule has 0 saturated heterocycles. The summed E-state index contributed by atoms with van der Waals surface area (Å²) >= 11 is 0. The average Bonchev–Trinajstić information content (AvgIpc) is 2.38. The van der Waals surface area contributed by atoms with Crippen molar-refractivity contribution >= 4 is 16.0 Å². The summed E-state index contributed by atoms with van der Waals surface area (Å²) in [6.45, 7) is 1.57. The van der Waals surface area contributed by atoms with Gasteiger partial charge in [0.2, 0.25) is 10.0 Å². The number of methoxy groups -OCH3 is 1. The zero-order valence-corrected chi connectivity index (χ0v) is 11.2. The molecule has 0 heterocycles. The second kappa shape index (κ2) is 6.22. The van der Waals surface area contributed by atoms with Crippen molar-refractivity contribution in [2.45, 2.75) is 11.8 Å². The molecule has 0 aliphatic rings. The van der Waals surface area contributed by atoms with Crippen LogP contribution in [-0.2, 0) is 10.0 Å². The van der Waals surface area contributed by atoms with Crippen molar-refractivity contribution in [1.82, 2.24) is 4.72 Å². The molecule has 0 amide bonds. The highest BCUT2D eigenvalue weighted by atomic mass is 32.2. The summed E-state index contributed by atoms with van der Waals surface area (Å²) in [5.74, 6) is 3.93. The maximum atomic E-state index is 12.0. The van der Waals surface area contributed by atoms with E-state index in [1.54, 1.807) is 6.92 Å². The molecule has 0 saturated carbocycles. The first-order valence-corrected chi connectivity index (χ1v) is 6.71. The lowest BCUT2D eigenvalue weighted by atomic mass is 10.2. The Morgan fingerprint density at radius 3 is 2.68 bits per heavy atom. The van der Waals surface area contributed by atoms with Crippen LogP contribution in [0.15, 0.2) is 23.1 Å². The Morgan fingerprint density at radius 2 is 2.16 bits per heavy atom. The number of hydrogen-bond donors (Lipinski definition) is 2. The monoisotopic (exact) mass is 283 g/mol. The van der Waals surface area contributed by atoms with Crippen molar-refractivity contribution in [1.29, 1.82) is 0 Å². The predicted molar refractivity (Wildman–Crippen MR) is 68.6 cm³/mol. The summed E-state index contributed by atoms with van der Waals surface area (Å²) in [5.41, 5.74) is -0.0517. The third-order valence-corrected chi connectivity index (χ3v) is 3.67. The fourth-order valence-corrected chi connectivity index (χ4v) is 2.39. The lowest BCUT2D eigenvalue weighted by Crippen LogP contribution is -2.24. The molecule has 0 fully saturated rings. The standard InChI is InChI=1S/C12H13NO5S/c1-3-4-7-13-19(16,17)11-6-5-9(12(14)15)8-10(11)18-2/h5-6,8,13H,7H2,1-2H3,(H,14,15). The number of sulfonamides is 1. The van der Waals surface area contributed by atoms with Gasteiger partial charge in [-0.25, -0.2) is 13.2 Å². The van der Waals surface area contributed by atoms with Crippen LogP contribution < -0.4 is 9.46 Å². The summed E-state index contributed by atoms with van der Waals surface area (Å²) in [7, 11) is -2.52. The Bertz CT molecular complexity index is 640. The number of carboxylic acids is 1. The lowest BCUT2D eigenvalue weighted by molar-refractivity contribution is 0.0696. The van der Waals surface area contributed by atoms with E-state index in [1.807, 2.05) is 0 Å². The minimum Gasteiger partial charge on any atom is -0.495 e. The van der Waals surface area contributed by atoms with Crippen molar-refractivity contribution in [3.63, 3.8) is 0 Å². The molecule has 102 valence electrons. The van der Waals surface area contributed by atoms with Gasteiger partial charge in [0, 0.05) is 0 Å². The van der Waals surface area contributed by atoms with Gasteiger partial charge in [0.1, 0.15) is 10.6 Å². The van der Waals surface area contributed by atoms with Crippen LogP contribution in [0.1, 0.15) is 17.3 Å². The van der Waals surface area contributed by atoms with Crippen molar-refractivity contribution in [2.75, 3.05) is 13.7 Å². The summed E-state index contributed by atoms with van der Waals surface area (Å²) in [6.07, 6.45) is 0. The van der Waals surface area contributed by atoms with Gasteiger partial charge in [-0.3, -0.25) is 0 Å². The van der Waals surface area contributed by atoms with E-state index in [0.717, 1.165) is 6.07 Å². The maximum absolute atomic E-state index is 12.0. The Balaban J connectivity index is 3.18.